The van der Waals surface area contributed by atoms with Gasteiger partial charge in [-0.2, -0.15) is 0 Å². The fourth-order valence-corrected chi connectivity index (χ4v) is 1.60. The number of nitrogens with zero attached hydrogens (tertiary/aromatic N) is 4. The summed E-state index contributed by atoms with van der Waals surface area (Å²) < 4.78 is 1.74. The van der Waals surface area contributed by atoms with E-state index in [2.05, 4.69) is 34.6 Å². The number of rotatable bonds is 3. The molecule has 84 valence electrons. The van der Waals surface area contributed by atoms with Gasteiger partial charge in [0.1, 0.15) is 0 Å². The van der Waals surface area contributed by atoms with E-state index in [4.69, 9.17) is 5.73 Å². The van der Waals surface area contributed by atoms with Crippen molar-refractivity contribution in [2.75, 3.05) is 0 Å². The highest BCUT2D eigenvalue weighted by atomic mass is 15.5. The summed E-state index contributed by atoms with van der Waals surface area (Å²) in [5, 5.41) is 11.5. The largest absolute Gasteiger partial charge is 0.322 e. The molecule has 0 aliphatic heterocycles. The number of hydrogen-bond acceptors (Lipinski definition) is 4. The lowest BCUT2D eigenvalue weighted by Crippen LogP contribution is -2.15. The molecule has 2 N–H and O–H groups in total. The lowest BCUT2D eigenvalue weighted by molar-refractivity contribution is 0.586. The molecule has 2 aromatic rings. The molecular formula is C11H15N5. The summed E-state index contributed by atoms with van der Waals surface area (Å²) in [5.74, 6) is 0.711. The van der Waals surface area contributed by atoms with Crippen molar-refractivity contribution in [1.29, 1.82) is 0 Å². The Morgan fingerprint density at radius 1 is 1.38 bits per heavy atom. The third-order valence-corrected chi connectivity index (χ3v) is 2.55. The molecule has 5 nitrogen and oxygen atoms in total. The van der Waals surface area contributed by atoms with Crippen LogP contribution in [0.1, 0.15) is 29.9 Å². The van der Waals surface area contributed by atoms with Gasteiger partial charge in [0.2, 0.25) is 0 Å². The molecule has 0 radical (unpaired) electrons. The Morgan fingerprint density at radius 3 is 2.81 bits per heavy atom. The lowest BCUT2D eigenvalue weighted by Gasteiger charge is -2.08. The molecule has 1 unspecified atom stereocenters. The SMILES string of the molecule is Cc1ccccc1Cn1nnnc1C(C)N. The first kappa shape index (κ1) is 10.8. The zero-order valence-electron chi connectivity index (χ0n) is 9.46. The topological polar surface area (TPSA) is 69.6 Å². The Bertz CT molecular complexity index is 475. The molecule has 0 amide bonds. The number of tetrazole rings is 1. The number of benzene rings is 1. The molecule has 0 spiro atoms. The van der Waals surface area contributed by atoms with Crippen LogP contribution in [0.2, 0.25) is 0 Å². The maximum absolute atomic E-state index is 5.79. The summed E-state index contributed by atoms with van der Waals surface area (Å²) in [6.07, 6.45) is 0. The molecule has 2 rings (SSSR count). The molecule has 16 heavy (non-hydrogen) atoms. The molecule has 0 fully saturated rings. The summed E-state index contributed by atoms with van der Waals surface area (Å²) in [4.78, 5) is 0. The van der Waals surface area contributed by atoms with Gasteiger partial charge in [-0.15, -0.1) is 5.10 Å². The average molecular weight is 217 g/mol. The average Bonchev–Trinajstić information content (AvgIpc) is 2.69. The molecule has 0 aliphatic carbocycles. The quantitative estimate of drug-likeness (QED) is 0.834. The van der Waals surface area contributed by atoms with Gasteiger partial charge in [0.25, 0.3) is 0 Å². The Balaban J connectivity index is 2.27. The van der Waals surface area contributed by atoms with E-state index in [-0.39, 0.29) is 6.04 Å². The van der Waals surface area contributed by atoms with Crippen molar-refractivity contribution < 1.29 is 0 Å². The first-order chi connectivity index (χ1) is 7.68. The summed E-state index contributed by atoms with van der Waals surface area (Å²) >= 11 is 0. The summed E-state index contributed by atoms with van der Waals surface area (Å²) in [6.45, 7) is 4.61. The summed E-state index contributed by atoms with van der Waals surface area (Å²) in [7, 11) is 0. The Kier molecular flexibility index (Phi) is 2.96. The van der Waals surface area contributed by atoms with Crippen LogP contribution in [0.4, 0.5) is 0 Å². The monoisotopic (exact) mass is 217 g/mol. The minimum absolute atomic E-state index is 0.154. The second-order valence-electron chi connectivity index (χ2n) is 3.91. The summed E-state index contributed by atoms with van der Waals surface area (Å²) in [5.41, 5.74) is 8.22. The van der Waals surface area contributed by atoms with Gasteiger partial charge < -0.3 is 5.73 Å². The Morgan fingerprint density at radius 2 is 2.12 bits per heavy atom. The van der Waals surface area contributed by atoms with E-state index in [1.807, 2.05) is 19.1 Å². The number of aromatic nitrogens is 4. The van der Waals surface area contributed by atoms with Gasteiger partial charge in [0.15, 0.2) is 5.82 Å². The molecule has 0 saturated heterocycles. The van der Waals surface area contributed by atoms with Crippen molar-refractivity contribution in [2.45, 2.75) is 26.4 Å². The van der Waals surface area contributed by atoms with Crippen molar-refractivity contribution in [3.8, 4) is 0 Å². The summed E-state index contributed by atoms with van der Waals surface area (Å²) in [6, 6.07) is 8.02. The van der Waals surface area contributed by atoms with Crippen LogP contribution >= 0.6 is 0 Å². The molecule has 1 aromatic heterocycles. The molecule has 1 heterocycles. The van der Waals surface area contributed by atoms with E-state index in [1.54, 1.807) is 4.68 Å². The van der Waals surface area contributed by atoms with Crippen LogP contribution in [0.3, 0.4) is 0 Å². The maximum Gasteiger partial charge on any atom is 0.168 e. The number of hydrogen-bond donors (Lipinski definition) is 1. The molecule has 1 atom stereocenters. The van der Waals surface area contributed by atoms with Crippen LogP contribution in [-0.2, 0) is 6.54 Å². The van der Waals surface area contributed by atoms with Crippen LogP contribution in [0.15, 0.2) is 24.3 Å². The predicted molar refractivity (Wildman–Crippen MR) is 60.7 cm³/mol. The van der Waals surface area contributed by atoms with E-state index in [9.17, 15) is 0 Å². The van der Waals surface area contributed by atoms with E-state index in [1.165, 1.54) is 11.1 Å². The van der Waals surface area contributed by atoms with Gasteiger partial charge in [-0.05, 0) is 35.4 Å². The standard InChI is InChI=1S/C11H15N5/c1-8-5-3-4-6-10(8)7-16-11(9(2)12)13-14-15-16/h3-6,9H,7,12H2,1-2H3. The van der Waals surface area contributed by atoms with Crippen LogP contribution in [0, 0.1) is 6.92 Å². The maximum atomic E-state index is 5.79. The number of aryl methyl sites for hydroxylation is 1. The fourth-order valence-electron chi connectivity index (χ4n) is 1.60. The minimum Gasteiger partial charge on any atom is -0.322 e. The van der Waals surface area contributed by atoms with Crippen LogP contribution in [0.25, 0.3) is 0 Å². The van der Waals surface area contributed by atoms with Crippen molar-refractivity contribution in [1.82, 2.24) is 20.2 Å². The Labute approximate surface area is 94.3 Å². The van der Waals surface area contributed by atoms with Gasteiger partial charge in [-0.25, -0.2) is 4.68 Å². The van der Waals surface area contributed by atoms with E-state index >= 15 is 0 Å². The van der Waals surface area contributed by atoms with Gasteiger partial charge in [-0.3, -0.25) is 0 Å². The highest BCUT2D eigenvalue weighted by Gasteiger charge is 2.11. The van der Waals surface area contributed by atoms with Crippen molar-refractivity contribution in [3.05, 3.63) is 41.2 Å². The fraction of sp³-hybridized carbons (Fsp3) is 0.364. The van der Waals surface area contributed by atoms with Crippen LogP contribution in [0.5, 0.6) is 0 Å². The van der Waals surface area contributed by atoms with Crippen LogP contribution in [-0.4, -0.2) is 20.2 Å². The number of nitrogens with two attached hydrogens (primary N) is 1. The second kappa shape index (κ2) is 4.40. The highest BCUT2D eigenvalue weighted by Crippen LogP contribution is 2.11. The van der Waals surface area contributed by atoms with Gasteiger partial charge in [0.05, 0.1) is 12.6 Å². The first-order valence-electron chi connectivity index (χ1n) is 5.24. The smallest absolute Gasteiger partial charge is 0.168 e. The van der Waals surface area contributed by atoms with E-state index in [0.717, 1.165) is 0 Å². The van der Waals surface area contributed by atoms with E-state index < -0.39 is 0 Å². The lowest BCUT2D eigenvalue weighted by atomic mass is 10.1. The van der Waals surface area contributed by atoms with E-state index in [0.29, 0.717) is 12.4 Å². The molecule has 0 aliphatic rings. The van der Waals surface area contributed by atoms with Crippen molar-refractivity contribution in [3.63, 3.8) is 0 Å². The Hall–Kier alpha value is -1.75. The molecular weight excluding hydrogens is 202 g/mol. The second-order valence-corrected chi connectivity index (χ2v) is 3.91. The molecule has 1 aromatic carbocycles. The van der Waals surface area contributed by atoms with Gasteiger partial charge in [0, 0.05) is 0 Å². The predicted octanol–water partition coefficient (Wildman–Crippen LogP) is 1.05. The minimum atomic E-state index is -0.154. The van der Waals surface area contributed by atoms with Crippen LogP contribution < -0.4 is 5.73 Å². The first-order valence-corrected chi connectivity index (χ1v) is 5.24. The third-order valence-electron chi connectivity index (χ3n) is 2.55. The van der Waals surface area contributed by atoms with Crippen molar-refractivity contribution in [2.24, 2.45) is 5.73 Å². The zero-order chi connectivity index (χ0) is 11.5. The molecule has 0 saturated carbocycles. The zero-order valence-corrected chi connectivity index (χ0v) is 9.46. The molecule has 5 heteroatoms. The normalized spacial score (nSPS) is 12.7. The third kappa shape index (κ3) is 2.09. The van der Waals surface area contributed by atoms with Crippen molar-refractivity contribution >= 4 is 0 Å². The van der Waals surface area contributed by atoms with Gasteiger partial charge >= 0.3 is 0 Å². The molecule has 0 bridgehead atoms. The van der Waals surface area contributed by atoms with Gasteiger partial charge in [-0.1, -0.05) is 24.3 Å². The highest BCUT2D eigenvalue weighted by molar-refractivity contribution is 5.25.